The zero-order chi connectivity index (χ0) is 25.2. The Morgan fingerprint density at radius 3 is 2.69 bits per heavy atom. The molecule has 2 aromatic carbocycles. The third-order valence-electron chi connectivity index (χ3n) is 5.15. The highest BCUT2D eigenvalue weighted by Gasteiger charge is 2.34. The van der Waals surface area contributed by atoms with E-state index in [0.717, 1.165) is 5.56 Å². The molecule has 2 aromatic rings. The van der Waals surface area contributed by atoms with Crippen molar-refractivity contribution in [3.05, 3.63) is 64.1 Å². The van der Waals surface area contributed by atoms with E-state index in [1.54, 1.807) is 25.3 Å². The second-order valence-electron chi connectivity index (χ2n) is 7.60. The minimum absolute atomic E-state index is 0.0576. The molecule has 0 spiro atoms. The zero-order valence-electron chi connectivity index (χ0n) is 19.1. The van der Waals surface area contributed by atoms with Crippen LogP contribution in [-0.2, 0) is 25.7 Å². The Hall–Kier alpha value is -3.02. The van der Waals surface area contributed by atoms with Gasteiger partial charge in [0.05, 0.1) is 17.5 Å². The van der Waals surface area contributed by atoms with Crippen LogP contribution in [0.1, 0.15) is 22.3 Å². The van der Waals surface area contributed by atoms with E-state index < -0.39 is 17.9 Å². The van der Waals surface area contributed by atoms with Crippen molar-refractivity contribution in [2.45, 2.75) is 19.1 Å². The Morgan fingerprint density at radius 2 is 1.97 bits per heavy atom. The summed E-state index contributed by atoms with van der Waals surface area (Å²) in [6.07, 6.45) is -0.201. The van der Waals surface area contributed by atoms with Gasteiger partial charge < -0.3 is 24.4 Å². The van der Waals surface area contributed by atoms with Crippen molar-refractivity contribution in [3.8, 4) is 5.75 Å². The molecule has 2 amide bonds. The summed E-state index contributed by atoms with van der Waals surface area (Å²) in [6, 6.07) is 13.2. The standard InChI is InChI=1S/C24H26BrN3O6S/c1-32-11-12-33-20-8-7-17(13-18(20)25)22(30)27-24(35)28-10-9-26-23(31)19(28)14-21(29)34-15-16-5-3-2-4-6-16/h2-8,13,19H,9-12,14-15H2,1H3,(H,26,31)(H,27,30,35). The topological polar surface area (TPSA) is 106 Å². The number of halogens is 1. The maximum absolute atomic E-state index is 12.8. The molecule has 9 nitrogen and oxygen atoms in total. The van der Waals surface area contributed by atoms with E-state index in [-0.39, 0.29) is 24.0 Å². The van der Waals surface area contributed by atoms with Crippen LogP contribution in [0.2, 0.25) is 0 Å². The van der Waals surface area contributed by atoms with E-state index in [1.165, 1.54) is 4.90 Å². The fraction of sp³-hybridized carbons (Fsp3) is 0.333. The number of thiocarbonyl (C=S) groups is 1. The van der Waals surface area contributed by atoms with Crippen LogP contribution in [0.5, 0.6) is 5.75 Å². The molecule has 0 bridgehead atoms. The molecule has 0 aliphatic carbocycles. The van der Waals surface area contributed by atoms with Gasteiger partial charge in [0.2, 0.25) is 5.91 Å². The van der Waals surface area contributed by atoms with Crippen LogP contribution in [0, 0.1) is 0 Å². The second-order valence-corrected chi connectivity index (χ2v) is 8.84. The van der Waals surface area contributed by atoms with Crippen molar-refractivity contribution < 1.29 is 28.6 Å². The third kappa shape index (κ3) is 7.74. The Bertz CT molecular complexity index is 1070. The fourth-order valence-electron chi connectivity index (χ4n) is 3.35. The molecule has 0 radical (unpaired) electrons. The van der Waals surface area contributed by atoms with Gasteiger partial charge in [0.1, 0.15) is 25.0 Å². The van der Waals surface area contributed by atoms with E-state index in [2.05, 4.69) is 26.6 Å². The van der Waals surface area contributed by atoms with Crippen LogP contribution in [0.15, 0.2) is 53.0 Å². The number of carbonyl (C=O) groups excluding carboxylic acids is 3. The average molecular weight is 564 g/mol. The Balaban J connectivity index is 1.59. The van der Waals surface area contributed by atoms with Crippen molar-refractivity contribution in [1.82, 2.24) is 15.5 Å². The molecule has 1 heterocycles. The highest BCUT2D eigenvalue weighted by Crippen LogP contribution is 2.26. The molecular formula is C24H26BrN3O6S. The number of hydrogen-bond acceptors (Lipinski definition) is 7. The van der Waals surface area contributed by atoms with Gasteiger partial charge in [-0.05, 0) is 51.9 Å². The summed E-state index contributed by atoms with van der Waals surface area (Å²) in [5, 5.41) is 5.43. The van der Waals surface area contributed by atoms with Crippen LogP contribution >= 0.6 is 28.1 Å². The number of carbonyl (C=O) groups is 3. The minimum atomic E-state index is -0.886. The van der Waals surface area contributed by atoms with Gasteiger partial charge in [0.15, 0.2) is 5.11 Å². The molecular weight excluding hydrogens is 538 g/mol. The number of nitrogens with one attached hydrogen (secondary N) is 2. The molecule has 1 saturated heterocycles. The van der Waals surface area contributed by atoms with Gasteiger partial charge in [-0.1, -0.05) is 30.3 Å². The summed E-state index contributed by atoms with van der Waals surface area (Å²) in [5.41, 5.74) is 1.19. The highest BCUT2D eigenvalue weighted by atomic mass is 79.9. The van der Waals surface area contributed by atoms with Crippen molar-refractivity contribution in [3.63, 3.8) is 0 Å². The van der Waals surface area contributed by atoms with Gasteiger partial charge in [-0.25, -0.2) is 0 Å². The number of ether oxygens (including phenoxy) is 3. The number of methoxy groups -OCH3 is 1. The Kier molecular flexibility index (Phi) is 10.0. The number of hydrogen-bond donors (Lipinski definition) is 2. The van der Waals surface area contributed by atoms with E-state index in [4.69, 9.17) is 26.4 Å². The number of amides is 2. The van der Waals surface area contributed by atoms with E-state index in [9.17, 15) is 14.4 Å². The number of esters is 1. The van der Waals surface area contributed by atoms with Crippen molar-refractivity contribution in [1.29, 1.82) is 0 Å². The largest absolute Gasteiger partial charge is 0.490 e. The summed E-state index contributed by atoms with van der Waals surface area (Å²) in [6.45, 7) is 1.60. The molecule has 35 heavy (non-hydrogen) atoms. The molecule has 0 aromatic heterocycles. The number of benzene rings is 2. The first kappa shape index (κ1) is 26.6. The SMILES string of the molecule is COCCOc1ccc(C(=O)NC(=S)N2CCNC(=O)C2CC(=O)OCc2ccccc2)cc1Br. The predicted octanol–water partition coefficient (Wildman–Crippen LogP) is 2.42. The van der Waals surface area contributed by atoms with Crippen LogP contribution in [0.3, 0.4) is 0 Å². The van der Waals surface area contributed by atoms with Gasteiger partial charge >= 0.3 is 5.97 Å². The number of rotatable bonds is 9. The third-order valence-corrected chi connectivity index (χ3v) is 6.11. The van der Waals surface area contributed by atoms with Gasteiger partial charge in [-0.15, -0.1) is 0 Å². The summed E-state index contributed by atoms with van der Waals surface area (Å²) in [7, 11) is 1.58. The van der Waals surface area contributed by atoms with Crippen molar-refractivity contribution in [2.24, 2.45) is 0 Å². The monoisotopic (exact) mass is 563 g/mol. The Morgan fingerprint density at radius 1 is 1.20 bits per heavy atom. The van der Waals surface area contributed by atoms with E-state index >= 15 is 0 Å². The summed E-state index contributed by atoms with van der Waals surface area (Å²) >= 11 is 8.81. The lowest BCUT2D eigenvalue weighted by Crippen LogP contribution is -2.60. The maximum atomic E-state index is 12.8. The first-order valence-electron chi connectivity index (χ1n) is 10.9. The zero-order valence-corrected chi connectivity index (χ0v) is 21.5. The molecule has 0 saturated carbocycles. The molecule has 11 heteroatoms. The average Bonchev–Trinajstić information content (AvgIpc) is 2.85. The van der Waals surface area contributed by atoms with Crippen LogP contribution < -0.4 is 15.4 Å². The lowest BCUT2D eigenvalue weighted by atomic mass is 10.1. The van der Waals surface area contributed by atoms with Crippen LogP contribution in [0.25, 0.3) is 0 Å². The molecule has 1 aliphatic heterocycles. The number of piperazine rings is 1. The molecule has 1 atom stereocenters. The normalized spacial score (nSPS) is 15.2. The van der Waals surface area contributed by atoms with Gasteiger partial charge in [-0.3, -0.25) is 19.7 Å². The Labute approximate surface area is 217 Å². The van der Waals surface area contributed by atoms with Gasteiger partial charge in [-0.2, -0.15) is 0 Å². The van der Waals surface area contributed by atoms with Crippen LogP contribution in [0.4, 0.5) is 0 Å². The summed E-state index contributed by atoms with van der Waals surface area (Å²) in [4.78, 5) is 39.3. The summed E-state index contributed by atoms with van der Waals surface area (Å²) < 4.78 is 16.4. The van der Waals surface area contributed by atoms with Crippen molar-refractivity contribution in [2.75, 3.05) is 33.4 Å². The summed E-state index contributed by atoms with van der Waals surface area (Å²) in [5.74, 6) is -0.772. The molecule has 2 N–H and O–H groups in total. The smallest absolute Gasteiger partial charge is 0.308 e. The van der Waals surface area contributed by atoms with E-state index in [1.807, 2.05) is 30.3 Å². The lowest BCUT2D eigenvalue weighted by Gasteiger charge is -2.36. The molecule has 1 unspecified atom stereocenters. The van der Waals surface area contributed by atoms with Gasteiger partial charge in [0.25, 0.3) is 5.91 Å². The number of nitrogens with zero attached hydrogens (tertiary/aromatic N) is 1. The lowest BCUT2D eigenvalue weighted by molar-refractivity contribution is -0.148. The predicted molar refractivity (Wildman–Crippen MR) is 136 cm³/mol. The molecule has 1 aliphatic rings. The molecule has 186 valence electrons. The highest BCUT2D eigenvalue weighted by molar-refractivity contribution is 9.10. The van der Waals surface area contributed by atoms with Crippen molar-refractivity contribution >= 4 is 51.0 Å². The van der Waals surface area contributed by atoms with Gasteiger partial charge in [0, 0.05) is 25.8 Å². The minimum Gasteiger partial charge on any atom is -0.490 e. The second kappa shape index (κ2) is 13.2. The van der Waals surface area contributed by atoms with E-state index in [0.29, 0.717) is 42.1 Å². The molecule has 1 fully saturated rings. The maximum Gasteiger partial charge on any atom is 0.308 e. The quantitative estimate of drug-likeness (QED) is 0.272. The first-order chi connectivity index (χ1) is 16.9. The first-order valence-corrected chi connectivity index (χ1v) is 12.1. The van der Waals surface area contributed by atoms with Crippen LogP contribution in [-0.4, -0.2) is 67.3 Å². The molecule has 3 rings (SSSR count). The fourth-order valence-corrected chi connectivity index (χ4v) is 4.16.